The van der Waals surface area contributed by atoms with Crippen LogP contribution in [0.1, 0.15) is 22.8 Å². The molecule has 0 atom stereocenters. The minimum Gasteiger partial charge on any atom is -0.496 e. The van der Waals surface area contributed by atoms with E-state index in [-0.39, 0.29) is 5.91 Å². The molecule has 1 amide bonds. The van der Waals surface area contributed by atoms with Crippen LogP contribution in [0.4, 0.5) is 5.69 Å². The zero-order chi connectivity index (χ0) is 20.4. The molecule has 0 aliphatic heterocycles. The SMILES string of the molecule is CCc1ccc2oc(-c3cccc(NC(=O)c4cc(Cl)ccc4OC)c3)nc2c1. The average molecular weight is 407 g/mol. The van der Waals surface area contributed by atoms with E-state index in [4.69, 9.17) is 20.8 Å². The number of amides is 1. The summed E-state index contributed by atoms with van der Waals surface area (Å²) in [5, 5.41) is 3.34. The smallest absolute Gasteiger partial charge is 0.259 e. The Labute approximate surface area is 173 Å². The van der Waals surface area contributed by atoms with Crippen molar-refractivity contribution in [1.29, 1.82) is 0 Å². The van der Waals surface area contributed by atoms with Crippen LogP contribution in [0, 0.1) is 0 Å². The highest BCUT2D eigenvalue weighted by atomic mass is 35.5. The Kier molecular flexibility index (Phi) is 5.23. The molecule has 5 nitrogen and oxygen atoms in total. The fourth-order valence-corrected chi connectivity index (χ4v) is 3.27. The summed E-state index contributed by atoms with van der Waals surface area (Å²) in [7, 11) is 1.51. The fraction of sp³-hybridized carbons (Fsp3) is 0.130. The predicted molar refractivity (Wildman–Crippen MR) is 115 cm³/mol. The lowest BCUT2D eigenvalue weighted by atomic mass is 10.1. The normalized spacial score (nSPS) is 10.9. The molecule has 0 unspecified atom stereocenters. The Morgan fingerprint density at radius 2 is 2.00 bits per heavy atom. The van der Waals surface area contributed by atoms with Gasteiger partial charge in [-0.1, -0.05) is 30.7 Å². The van der Waals surface area contributed by atoms with Crippen LogP contribution in [-0.2, 0) is 6.42 Å². The highest BCUT2D eigenvalue weighted by Gasteiger charge is 2.14. The number of oxazole rings is 1. The summed E-state index contributed by atoms with van der Waals surface area (Å²) in [4.78, 5) is 17.3. The molecule has 0 aliphatic rings. The number of methoxy groups -OCH3 is 1. The number of hydrogen-bond donors (Lipinski definition) is 1. The summed E-state index contributed by atoms with van der Waals surface area (Å²) in [6.07, 6.45) is 0.937. The maximum atomic E-state index is 12.7. The number of nitrogens with zero attached hydrogens (tertiary/aromatic N) is 1. The van der Waals surface area contributed by atoms with Crippen LogP contribution in [0.3, 0.4) is 0 Å². The van der Waals surface area contributed by atoms with Gasteiger partial charge in [0.2, 0.25) is 5.89 Å². The highest BCUT2D eigenvalue weighted by molar-refractivity contribution is 6.31. The minimum atomic E-state index is -0.313. The zero-order valence-corrected chi connectivity index (χ0v) is 16.8. The van der Waals surface area contributed by atoms with Crippen molar-refractivity contribution in [3.63, 3.8) is 0 Å². The largest absolute Gasteiger partial charge is 0.496 e. The van der Waals surface area contributed by atoms with E-state index in [1.807, 2.05) is 36.4 Å². The molecule has 3 aromatic carbocycles. The second-order valence-electron chi connectivity index (χ2n) is 6.55. The van der Waals surface area contributed by atoms with Crippen molar-refractivity contribution in [1.82, 2.24) is 4.98 Å². The van der Waals surface area contributed by atoms with Crippen LogP contribution in [-0.4, -0.2) is 18.0 Å². The van der Waals surface area contributed by atoms with Gasteiger partial charge < -0.3 is 14.5 Å². The first-order chi connectivity index (χ1) is 14.1. The first-order valence-corrected chi connectivity index (χ1v) is 9.60. The van der Waals surface area contributed by atoms with Gasteiger partial charge in [0, 0.05) is 16.3 Å². The minimum absolute atomic E-state index is 0.313. The number of halogens is 1. The van der Waals surface area contributed by atoms with Gasteiger partial charge in [-0.05, 0) is 60.5 Å². The van der Waals surface area contributed by atoms with Crippen molar-refractivity contribution < 1.29 is 13.9 Å². The van der Waals surface area contributed by atoms with Crippen molar-refractivity contribution in [3.8, 4) is 17.2 Å². The van der Waals surface area contributed by atoms with E-state index in [2.05, 4.69) is 17.2 Å². The monoisotopic (exact) mass is 406 g/mol. The molecule has 0 saturated heterocycles. The first kappa shape index (κ1) is 19.0. The van der Waals surface area contributed by atoms with E-state index in [0.29, 0.717) is 27.9 Å². The number of hydrogen-bond acceptors (Lipinski definition) is 4. The van der Waals surface area contributed by atoms with Crippen LogP contribution in [0.5, 0.6) is 5.75 Å². The Morgan fingerprint density at radius 3 is 2.79 bits per heavy atom. The van der Waals surface area contributed by atoms with Gasteiger partial charge in [-0.3, -0.25) is 4.79 Å². The molecule has 146 valence electrons. The molecule has 1 N–H and O–H groups in total. The third-order valence-corrected chi connectivity index (χ3v) is 4.87. The number of rotatable bonds is 5. The summed E-state index contributed by atoms with van der Waals surface area (Å²) in [6.45, 7) is 2.10. The number of aromatic nitrogens is 1. The number of carbonyl (C=O) groups excluding carboxylic acids is 1. The van der Waals surface area contributed by atoms with Crippen LogP contribution < -0.4 is 10.1 Å². The topological polar surface area (TPSA) is 64.4 Å². The van der Waals surface area contributed by atoms with Gasteiger partial charge in [0.1, 0.15) is 11.3 Å². The maximum Gasteiger partial charge on any atom is 0.259 e. The Balaban J connectivity index is 1.62. The van der Waals surface area contributed by atoms with E-state index in [0.717, 1.165) is 23.1 Å². The van der Waals surface area contributed by atoms with Crippen molar-refractivity contribution in [2.45, 2.75) is 13.3 Å². The highest BCUT2D eigenvalue weighted by Crippen LogP contribution is 2.28. The molecule has 1 heterocycles. The lowest BCUT2D eigenvalue weighted by molar-refractivity contribution is 0.102. The van der Waals surface area contributed by atoms with Crippen molar-refractivity contribution >= 4 is 34.3 Å². The van der Waals surface area contributed by atoms with Gasteiger partial charge in [-0.25, -0.2) is 4.98 Å². The van der Waals surface area contributed by atoms with Crippen LogP contribution in [0.2, 0.25) is 5.02 Å². The van der Waals surface area contributed by atoms with Crippen molar-refractivity contribution in [3.05, 3.63) is 76.8 Å². The molecular weight excluding hydrogens is 388 g/mol. The van der Waals surface area contributed by atoms with E-state index in [9.17, 15) is 4.79 Å². The molecule has 4 aromatic rings. The standard InChI is InChI=1S/C23H19ClN2O3/c1-3-14-7-9-21-19(11-14)26-23(29-21)15-5-4-6-17(12-15)25-22(27)18-13-16(24)8-10-20(18)28-2/h4-13H,3H2,1-2H3,(H,25,27). The summed E-state index contributed by atoms with van der Waals surface area (Å²) in [6, 6.07) is 18.3. The van der Waals surface area contributed by atoms with Gasteiger partial charge in [0.15, 0.2) is 5.58 Å². The number of anilines is 1. The van der Waals surface area contributed by atoms with Gasteiger partial charge in [-0.2, -0.15) is 0 Å². The third-order valence-electron chi connectivity index (χ3n) is 4.63. The molecule has 0 aliphatic carbocycles. The average Bonchev–Trinajstić information content (AvgIpc) is 3.17. The molecule has 29 heavy (non-hydrogen) atoms. The second kappa shape index (κ2) is 7.97. The quantitative estimate of drug-likeness (QED) is 0.443. The number of benzene rings is 3. The van der Waals surface area contributed by atoms with Gasteiger partial charge in [0.25, 0.3) is 5.91 Å². The molecule has 0 saturated carbocycles. The van der Waals surface area contributed by atoms with Crippen LogP contribution in [0.15, 0.2) is 65.1 Å². The molecular formula is C23H19ClN2O3. The summed E-state index contributed by atoms with van der Waals surface area (Å²) < 4.78 is 11.1. The summed E-state index contributed by atoms with van der Waals surface area (Å²) in [5.41, 5.74) is 4.50. The molecule has 6 heteroatoms. The third kappa shape index (κ3) is 3.96. The van der Waals surface area contributed by atoms with E-state index < -0.39 is 0 Å². The lowest BCUT2D eigenvalue weighted by Gasteiger charge is -2.10. The maximum absolute atomic E-state index is 12.7. The number of carbonyl (C=O) groups is 1. The van der Waals surface area contributed by atoms with Gasteiger partial charge in [0.05, 0.1) is 12.7 Å². The van der Waals surface area contributed by atoms with E-state index in [1.54, 1.807) is 24.3 Å². The summed E-state index contributed by atoms with van der Waals surface area (Å²) >= 11 is 6.03. The second-order valence-corrected chi connectivity index (χ2v) is 6.99. The fourth-order valence-electron chi connectivity index (χ4n) is 3.10. The van der Waals surface area contributed by atoms with Crippen molar-refractivity contribution in [2.24, 2.45) is 0 Å². The summed E-state index contributed by atoms with van der Waals surface area (Å²) in [5.74, 6) is 0.644. The lowest BCUT2D eigenvalue weighted by Crippen LogP contribution is -2.13. The molecule has 0 spiro atoms. The van der Waals surface area contributed by atoms with E-state index in [1.165, 1.54) is 12.7 Å². The molecule has 1 aromatic heterocycles. The number of ether oxygens (including phenoxy) is 1. The molecule has 4 rings (SSSR count). The first-order valence-electron chi connectivity index (χ1n) is 9.22. The van der Waals surface area contributed by atoms with Gasteiger partial charge in [-0.15, -0.1) is 0 Å². The Morgan fingerprint density at radius 1 is 1.14 bits per heavy atom. The van der Waals surface area contributed by atoms with E-state index >= 15 is 0 Å². The Hall–Kier alpha value is -3.31. The number of nitrogens with one attached hydrogen (secondary N) is 1. The Bertz CT molecular complexity index is 1200. The molecule has 0 bridgehead atoms. The van der Waals surface area contributed by atoms with Crippen LogP contribution in [0.25, 0.3) is 22.6 Å². The van der Waals surface area contributed by atoms with Crippen molar-refractivity contribution in [2.75, 3.05) is 12.4 Å². The van der Waals surface area contributed by atoms with Gasteiger partial charge >= 0.3 is 0 Å². The molecule has 0 fully saturated rings. The number of aryl methyl sites for hydroxylation is 1. The zero-order valence-electron chi connectivity index (χ0n) is 16.0. The molecule has 0 radical (unpaired) electrons. The van der Waals surface area contributed by atoms with Crippen LogP contribution >= 0.6 is 11.6 Å². The predicted octanol–water partition coefficient (Wildman–Crippen LogP) is 5.97. The number of fused-ring (bicyclic) bond motifs is 1.